The molecule has 0 saturated carbocycles. The van der Waals surface area contributed by atoms with E-state index in [9.17, 15) is 14.0 Å². The van der Waals surface area contributed by atoms with E-state index in [0.29, 0.717) is 48.9 Å². The topological polar surface area (TPSA) is 58.6 Å². The third kappa shape index (κ3) is 5.30. The van der Waals surface area contributed by atoms with Gasteiger partial charge in [-0.25, -0.2) is 4.39 Å². The highest BCUT2D eigenvalue weighted by Gasteiger charge is 2.21. The van der Waals surface area contributed by atoms with Crippen LogP contribution in [0, 0.1) is 5.82 Å². The van der Waals surface area contributed by atoms with Crippen LogP contribution in [-0.2, 0) is 15.3 Å². The molecule has 0 spiro atoms. The Morgan fingerprint density at radius 1 is 1.07 bits per heavy atom. The van der Waals surface area contributed by atoms with Crippen molar-refractivity contribution in [2.45, 2.75) is 5.75 Å². The van der Waals surface area contributed by atoms with Crippen LogP contribution in [0.2, 0.25) is 0 Å². The van der Waals surface area contributed by atoms with E-state index < -0.39 is 0 Å². The number of benzene rings is 2. The zero-order valence-corrected chi connectivity index (χ0v) is 15.6. The summed E-state index contributed by atoms with van der Waals surface area (Å²) in [5.74, 6) is -0.0262. The lowest BCUT2D eigenvalue weighted by Crippen LogP contribution is -2.41. The lowest BCUT2D eigenvalue weighted by Gasteiger charge is -2.27. The fourth-order valence-electron chi connectivity index (χ4n) is 2.77. The minimum atomic E-state index is -0.271. The van der Waals surface area contributed by atoms with E-state index in [2.05, 4.69) is 5.32 Å². The Labute approximate surface area is 161 Å². The summed E-state index contributed by atoms with van der Waals surface area (Å²) in [5, 5.41) is 2.80. The number of anilines is 1. The van der Waals surface area contributed by atoms with Crippen molar-refractivity contribution in [3.8, 4) is 0 Å². The van der Waals surface area contributed by atoms with Crippen LogP contribution in [-0.4, -0.2) is 48.8 Å². The van der Waals surface area contributed by atoms with Crippen LogP contribution in [0.5, 0.6) is 0 Å². The van der Waals surface area contributed by atoms with Gasteiger partial charge in [-0.1, -0.05) is 30.3 Å². The van der Waals surface area contributed by atoms with Gasteiger partial charge in [0.1, 0.15) is 5.82 Å². The van der Waals surface area contributed by atoms with Gasteiger partial charge in [0.05, 0.1) is 30.2 Å². The van der Waals surface area contributed by atoms with Crippen molar-refractivity contribution in [1.82, 2.24) is 4.90 Å². The van der Waals surface area contributed by atoms with Crippen molar-refractivity contribution in [3.05, 3.63) is 65.5 Å². The van der Waals surface area contributed by atoms with Gasteiger partial charge in [0, 0.05) is 18.8 Å². The van der Waals surface area contributed by atoms with Gasteiger partial charge in [0.2, 0.25) is 5.91 Å². The largest absolute Gasteiger partial charge is 0.378 e. The average molecular weight is 388 g/mol. The fourth-order valence-corrected chi connectivity index (χ4v) is 3.58. The van der Waals surface area contributed by atoms with Crippen molar-refractivity contribution in [2.24, 2.45) is 0 Å². The third-order valence-electron chi connectivity index (χ3n) is 4.18. The predicted octanol–water partition coefficient (Wildman–Crippen LogP) is 3.17. The van der Waals surface area contributed by atoms with E-state index in [4.69, 9.17) is 4.74 Å². The highest BCUT2D eigenvalue weighted by Crippen LogP contribution is 2.20. The normalized spacial score (nSPS) is 14.0. The SMILES string of the molecule is O=C(CSCc1ccccc1F)Nc1ccccc1C(=O)N1CCOCC1. The molecule has 7 heteroatoms. The summed E-state index contributed by atoms with van der Waals surface area (Å²) in [6.45, 7) is 2.12. The third-order valence-corrected chi connectivity index (χ3v) is 5.16. The smallest absolute Gasteiger partial charge is 0.256 e. The van der Waals surface area contributed by atoms with Crippen LogP contribution in [0.1, 0.15) is 15.9 Å². The fraction of sp³-hybridized carbons (Fsp3) is 0.300. The molecule has 1 N–H and O–H groups in total. The van der Waals surface area contributed by atoms with Crippen LogP contribution >= 0.6 is 11.8 Å². The molecule has 2 amide bonds. The Bertz CT molecular complexity index is 809. The van der Waals surface area contributed by atoms with Crippen molar-refractivity contribution in [3.63, 3.8) is 0 Å². The second-order valence-corrected chi connectivity index (χ2v) is 7.07. The maximum atomic E-state index is 13.6. The summed E-state index contributed by atoms with van der Waals surface area (Å²) < 4.78 is 18.9. The monoisotopic (exact) mass is 388 g/mol. The predicted molar refractivity (Wildman–Crippen MR) is 104 cm³/mol. The summed E-state index contributed by atoms with van der Waals surface area (Å²) >= 11 is 1.33. The number of nitrogens with one attached hydrogen (secondary N) is 1. The van der Waals surface area contributed by atoms with E-state index >= 15 is 0 Å². The first-order chi connectivity index (χ1) is 13.1. The number of amides is 2. The maximum Gasteiger partial charge on any atom is 0.256 e. The standard InChI is InChI=1S/C20H21FN2O3S/c21-17-7-3-1-5-15(17)13-27-14-19(24)22-18-8-4-2-6-16(18)20(25)23-9-11-26-12-10-23/h1-8H,9-14H2,(H,22,24). The molecule has 0 aromatic heterocycles. The average Bonchev–Trinajstić information content (AvgIpc) is 2.70. The van der Waals surface area contributed by atoms with Crippen molar-refractivity contribution < 1.29 is 18.7 Å². The number of hydrogen-bond acceptors (Lipinski definition) is 4. The second-order valence-electron chi connectivity index (χ2n) is 6.08. The molecule has 2 aromatic carbocycles. The van der Waals surface area contributed by atoms with Gasteiger partial charge in [-0.3, -0.25) is 9.59 Å². The number of thioether (sulfide) groups is 1. The Morgan fingerprint density at radius 2 is 1.78 bits per heavy atom. The van der Waals surface area contributed by atoms with E-state index in [0.717, 1.165) is 0 Å². The Balaban J connectivity index is 1.57. The molecule has 1 saturated heterocycles. The number of nitrogens with zero attached hydrogens (tertiary/aromatic N) is 1. The molecule has 0 bridgehead atoms. The van der Waals surface area contributed by atoms with Crippen LogP contribution in [0.4, 0.5) is 10.1 Å². The summed E-state index contributed by atoms with van der Waals surface area (Å²) in [5.41, 5.74) is 1.52. The molecule has 1 fully saturated rings. The number of ether oxygens (including phenoxy) is 1. The highest BCUT2D eigenvalue weighted by atomic mass is 32.2. The van der Waals surface area contributed by atoms with Crippen molar-refractivity contribution >= 4 is 29.3 Å². The second kappa shape index (κ2) is 9.53. The molecule has 0 radical (unpaired) electrons. The summed E-state index contributed by atoms with van der Waals surface area (Å²) in [4.78, 5) is 26.7. The molecule has 27 heavy (non-hydrogen) atoms. The lowest BCUT2D eigenvalue weighted by molar-refractivity contribution is -0.113. The van der Waals surface area contributed by atoms with Gasteiger partial charge < -0.3 is 15.0 Å². The Morgan fingerprint density at radius 3 is 2.56 bits per heavy atom. The molecule has 5 nitrogen and oxygen atoms in total. The van der Waals surface area contributed by atoms with Gasteiger partial charge >= 0.3 is 0 Å². The van der Waals surface area contributed by atoms with Crippen LogP contribution < -0.4 is 5.32 Å². The quantitative estimate of drug-likeness (QED) is 0.826. The maximum absolute atomic E-state index is 13.6. The Hall–Kier alpha value is -2.38. The zero-order valence-electron chi connectivity index (χ0n) is 14.8. The molecule has 1 aliphatic rings. The summed E-state index contributed by atoms with van der Waals surface area (Å²) in [6, 6.07) is 13.5. The van der Waals surface area contributed by atoms with Crippen molar-refractivity contribution in [2.75, 3.05) is 37.4 Å². The molecule has 2 aromatic rings. The molecule has 0 unspecified atom stereocenters. The number of carbonyl (C=O) groups excluding carboxylic acids is 2. The number of hydrogen-bond donors (Lipinski definition) is 1. The molecule has 0 atom stereocenters. The minimum Gasteiger partial charge on any atom is -0.378 e. The van der Waals surface area contributed by atoms with E-state index in [-0.39, 0.29) is 23.4 Å². The van der Waals surface area contributed by atoms with E-state index in [1.165, 1.54) is 17.8 Å². The minimum absolute atomic E-state index is 0.117. The molecule has 1 heterocycles. The molecule has 3 rings (SSSR count). The van der Waals surface area contributed by atoms with Crippen LogP contribution in [0.15, 0.2) is 48.5 Å². The van der Waals surface area contributed by atoms with Crippen LogP contribution in [0.25, 0.3) is 0 Å². The van der Waals surface area contributed by atoms with Crippen molar-refractivity contribution in [1.29, 1.82) is 0 Å². The highest BCUT2D eigenvalue weighted by molar-refractivity contribution is 7.99. The Kier molecular flexibility index (Phi) is 6.84. The van der Waals surface area contributed by atoms with E-state index in [1.54, 1.807) is 47.4 Å². The van der Waals surface area contributed by atoms with E-state index in [1.807, 2.05) is 0 Å². The number of halogens is 1. The first-order valence-electron chi connectivity index (χ1n) is 8.72. The summed E-state index contributed by atoms with van der Waals surface area (Å²) in [6.07, 6.45) is 0. The van der Waals surface area contributed by atoms with Crippen LogP contribution in [0.3, 0.4) is 0 Å². The number of para-hydroxylation sites is 1. The molecule has 142 valence electrons. The molecular weight excluding hydrogens is 367 g/mol. The molecular formula is C20H21FN2O3S. The lowest BCUT2D eigenvalue weighted by atomic mass is 10.1. The summed E-state index contributed by atoms with van der Waals surface area (Å²) in [7, 11) is 0. The van der Waals surface area contributed by atoms with Gasteiger partial charge in [0.25, 0.3) is 5.91 Å². The van der Waals surface area contributed by atoms with Gasteiger partial charge in [0.15, 0.2) is 0 Å². The zero-order chi connectivity index (χ0) is 19.1. The van der Waals surface area contributed by atoms with Gasteiger partial charge in [-0.2, -0.15) is 0 Å². The van der Waals surface area contributed by atoms with Gasteiger partial charge in [-0.05, 0) is 23.8 Å². The number of carbonyl (C=O) groups is 2. The molecule has 0 aliphatic carbocycles. The first-order valence-corrected chi connectivity index (χ1v) is 9.87. The number of morpholine rings is 1. The van der Waals surface area contributed by atoms with Gasteiger partial charge in [-0.15, -0.1) is 11.8 Å². The first kappa shape index (κ1) is 19.4. The number of rotatable bonds is 6. The molecule has 1 aliphatic heterocycles.